The molecule has 1 aliphatic rings. The van der Waals surface area contributed by atoms with E-state index in [9.17, 15) is 4.79 Å². The monoisotopic (exact) mass is 354 g/mol. The smallest absolute Gasteiger partial charge is 0.221 e. The number of rotatable bonds is 17. The Morgan fingerprint density at radius 1 is 0.880 bits per heavy atom. The molecule has 1 saturated heterocycles. The third kappa shape index (κ3) is 12.4. The Morgan fingerprint density at radius 3 is 1.96 bits per heavy atom. The quantitative estimate of drug-likeness (QED) is 0.218. The first kappa shape index (κ1) is 22.4. The molecule has 0 aliphatic carbocycles. The number of nitrogens with two attached hydrogens (primary N) is 1. The van der Waals surface area contributed by atoms with E-state index in [1.54, 1.807) is 0 Å². The van der Waals surface area contributed by atoms with E-state index in [1.807, 2.05) is 6.92 Å². The lowest BCUT2D eigenvalue weighted by molar-refractivity contribution is -0.121. The normalized spacial score (nSPS) is 20.4. The van der Waals surface area contributed by atoms with Gasteiger partial charge in [0, 0.05) is 6.42 Å². The van der Waals surface area contributed by atoms with Crippen LogP contribution in [-0.4, -0.2) is 24.3 Å². The highest BCUT2D eigenvalue weighted by atomic mass is 16.6. The molecule has 3 atom stereocenters. The standard InChI is InChI=1S/C21H42N2O2/c1-3-5-6-7-9-12-15-18-19(25-18)16-13-10-8-11-14-17-21(24)23-20(22)4-2/h18-20H,3-17,22H2,1-2H3,(H,23,24). The molecule has 0 aromatic carbocycles. The number of nitrogens with one attached hydrogen (secondary N) is 1. The van der Waals surface area contributed by atoms with Gasteiger partial charge in [-0.15, -0.1) is 0 Å². The molecule has 1 fully saturated rings. The van der Waals surface area contributed by atoms with Crippen molar-refractivity contribution < 1.29 is 9.53 Å². The highest BCUT2D eigenvalue weighted by molar-refractivity contribution is 5.76. The van der Waals surface area contributed by atoms with E-state index < -0.39 is 0 Å². The molecule has 3 unspecified atom stereocenters. The minimum atomic E-state index is -0.185. The highest BCUT2D eigenvalue weighted by Gasteiger charge is 2.36. The summed E-state index contributed by atoms with van der Waals surface area (Å²) < 4.78 is 5.79. The Balaban J connectivity index is 1.80. The van der Waals surface area contributed by atoms with Crippen LogP contribution in [-0.2, 0) is 9.53 Å². The Bertz CT molecular complexity index is 336. The molecule has 0 spiro atoms. The molecule has 0 aromatic rings. The van der Waals surface area contributed by atoms with Crippen LogP contribution in [0.25, 0.3) is 0 Å². The second kappa shape index (κ2) is 14.5. The summed E-state index contributed by atoms with van der Waals surface area (Å²) in [5.41, 5.74) is 5.70. The van der Waals surface area contributed by atoms with Gasteiger partial charge < -0.3 is 15.8 Å². The van der Waals surface area contributed by atoms with Gasteiger partial charge >= 0.3 is 0 Å². The second-order valence-corrected chi connectivity index (χ2v) is 7.66. The molecule has 1 aliphatic heterocycles. The van der Waals surface area contributed by atoms with Gasteiger partial charge in [0.2, 0.25) is 5.91 Å². The predicted octanol–water partition coefficient (Wildman–Crippen LogP) is 5.05. The van der Waals surface area contributed by atoms with Crippen LogP contribution >= 0.6 is 0 Å². The lowest BCUT2D eigenvalue weighted by Crippen LogP contribution is -2.40. The summed E-state index contributed by atoms with van der Waals surface area (Å²) in [6, 6.07) is 0. The predicted molar refractivity (Wildman–Crippen MR) is 105 cm³/mol. The van der Waals surface area contributed by atoms with E-state index in [0.717, 1.165) is 19.3 Å². The maximum atomic E-state index is 11.6. The zero-order chi connectivity index (χ0) is 18.3. The maximum absolute atomic E-state index is 11.6. The van der Waals surface area contributed by atoms with Gasteiger partial charge in [-0.05, 0) is 25.7 Å². The van der Waals surface area contributed by atoms with Crippen molar-refractivity contribution in [2.45, 2.75) is 129 Å². The van der Waals surface area contributed by atoms with Gasteiger partial charge in [-0.1, -0.05) is 78.1 Å². The molecule has 4 heteroatoms. The van der Waals surface area contributed by atoms with Crippen LogP contribution in [0.3, 0.4) is 0 Å². The number of ether oxygens (including phenoxy) is 1. The minimum Gasteiger partial charge on any atom is -0.370 e. The van der Waals surface area contributed by atoms with Crippen LogP contribution in [0.4, 0.5) is 0 Å². The van der Waals surface area contributed by atoms with Crippen molar-refractivity contribution >= 4 is 5.91 Å². The van der Waals surface area contributed by atoms with Crippen molar-refractivity contribution in [1.29, 1.82) is 0 Å². The highest BCUT2D eigenvalue weighted by Crippen LogP contribution is 2.31. The lowest BCUT2D eigenvalue weighted by atomic mass is 10.0. The molecule has 0 radical (unpaired) electrons. The van der Waals surface area contributed by atoms with Crippen molar-refractivity contribution in [3.63, 3.8) is 0 Å². The van der Waals surface area contributed by atoms with Crippen LogP contribution in [0.2, 0.25) is 0 Å². The molecule has 1 amide bonds. The van der Waals surface area contributed by atoms with E-state index in [2.05, 4.69) is 12.2 Å². The van der Waals surface area contributed by atoms with Gasteiger partial charge in [0.1, 0.15) is 0 Å². The molecule has 25 heavy (non-hydrogen) atoms. The molecule has 3 N–H and O–H groups in total. The van der Waals surface area contributed by atoms with Crippen LogP contribution in [0, 0.1) is 0 Å². The second-order valence-electron chi connectivity index (χ2n) is 7.66. The molecule has 1 rings (SSSR count). The van der Waals surface area contributed by atoms with Gasteiger partial charge in [-0.25, -0.2) is 0 Å². The average Bonchev–Trinajstić information content (AvgIpc) is 3.35. The zero-order valence-corrected chi connectivity index (χ0v) is 16.7. The van der Waals surface area contributed by atoms with Crippen molar-refractivity contribution in [1.82, 2.24) is 5.32 Å². The Morgan fingerprint density at radius 2 is 1.40 bits per heavy atom. The summed E-state index contributed by atoms with van der Waals surface area (Å²) in [6.07, 6.45) is 18.9. The van der Waals surface area contributed by atoms with E-state index in [0.29, 0.717) is 18.6 Å². The number of epoxide rings is 1. The number of hydrogen-bond acceptors (Lipinski definition) is 3. The van der Waals surface area contributed by atoms with E-state index in [1.165, 1.54) is 70.6 Å². The topological polar surface area (TPSA) is 67.7 Å². The summed E-state index contributed by atoms with van der Waals surface area (Å²) in [5.74, 6) is 0.0956. The Hall–Kier alpha value is -0.610. The number of hydrogen-bond donors (Lipinski definition) is 2. The number of carbonyl (C=O) groups excluding carboxylic acids is 1. The molecule has 0 bridgehead atoms. The number of unbranched alkanes of at least 4 members (excludes halogenated alkanes) is 9. The average molecular weight is 355 g/mol. The first-order chi connectivity index (χ1) is 12.2. The fraction of sp³-hybridized carbons (Fsp3) is 0.952. The molecular formula is C21H42N2O2. The fourth-order valence-electron chi connectivity index (χ4n) is 3.36. The first-order valence-electron chi connectivity index (χ1n) is 10.9. The molecular weight excluding hydrogens is 312 g/mol. The first-order valence-corrected chi connectivity index (χ1v) is 10.9. The summed E-state index contributed by atoms with van der Waals surface area (Å²) in [4.78, 5) is 11.6. The molecule has 1 heterocycles. The minimum absolute atomic E-state index is 0.0956. The number of amides is 1. The van der Waals surface area contributed by atoms with Crippen molar-refractivity contribution in [3.8, 4) is 0 Å². The molecule has 148 valence electrons. The summed E-state index contributed by atoms with van der Waals surface area (Å²) in [5, 5.41) is 2.81. The van der Waals surface area contributed by atoms with Crippen molar-refractivity contribution in [2.24, 2.45) is 5.73 Å². The number of carbonyl (C=O) groups is 1. The maximum Gasteiger partial charge on any atom is 0.221 e. The van der Waals surface area contributed by atoms with Gasteiger partial charge in [0.25, 0.3) is 0 Å². The van der Waals surface area contributed by atoms with E-state index in [-0.39, 0.29) is 12.1 Å². The molecule has 0 aromatic heterocycles. The molecule has 4 nitrogen and oxygen atoms in total. The zero-order valence-electron chi connectivity index (χ0n) is 16.7. The van der Waals surface area contributed by atoms with E-state index in [4.69, 9.17) is 10.5 Å². The Labute approximate surface area is 155 Å². The summed E-state index contributed by atoms with van der Waals surface area (Å²) in [7, 11) is 0. The van der Waals surface area contributed by atoms with Crippen LogP contribution < -0.4 is 11.1 Å². The fourth-order valence-corrected chi connectivity index (χ4v) is 3.36. The van der Waals surface area contributed by atoms with Crippen LogP contribution in [0.15, 0.2) is 0 Å². The third-order valence-electron chi connectivity index (χ3n) is 5.21. The van der Waals surface area contributed by atoms with Crippen LogP contribution in [0.1, 0.15) is 110 Å². The third-order valence-corrected chi connectivity index (χ3v) is 5.21. The molecule has 0 saturated carbocycles. The largest absolute Gasteiger partial charge is 0.370 e. The summed E-state index contributed by atoms with van der Waals surface area (Å²) in [6.45, 7) is 4.25. The van der Waals surface area contributed by atoms with Crippen molar-refractivity contribution in [2.75, 3.05) is 0 Å². The Kier molecular flexibility index (Phi) is 13.1. The van der Waals surface area contributed by atoms with Gasteiger partial charge in [0.15, 0.2) is 0 Å². The van der Waals surface area contributed by atoms with Gasteiger partial charge in [0.05, 0.1) is 18.4 Å². The van der Waals surface area contributed by atoms with Crippen LogP contribution in [0.5, 0.6) is 0 Å². The lowest BCUT2D eigenvalue weighted by Gasteiger charge is -2.10. The SMILES string of the molecule is CCCCCCCCC1OC1CCCCCCCC(=O)NC(N)CC. The van der Waals surface area contributed by atoms with Gasteiger partial charge in [-0.3, -0.25) is 4.79 Å². The van der Waals surface area contributed by atoms with E-state index >= 15 is 0 Å². The summed E-state index contributed by atoms with van der Waals surface area (Å²) >= 11 is 0. The van der Waals surface area contributed by atoms with Gasteiger partial charge in [-0.2, -0.15) is 0 Å². The van der Waals surface area contributed by atoms with Crippen molar-refractivity contribution in [3.05, 3.63) is 0 Å².